The van der Waals surface area contributed by atoms with E-state index < -0.39 is 40.2 Å². The van der Waals surface area contributed by atoms with E-state index in [1.165, 1.54) is 57.5 Å². The van der Waals surface area contributed by atoms with E-state index in [0.717, 1.165) is 15.5 Å². The summed E-state index contributed by atoms with van der Waals surface area (Å²) < 4.78 is 51.0. The number of nitrogens with one attached hydrogen (secondary N) is 1. The van der Waals surface area contributed by atoms with E-state index in [1.807, 2.05) is 0 Å². The molecule has 2 amide bonds. The molecule has 0 spiro atoms. The van der Waals surface area contributed by atoms with E-state index >= 15 is 0 Å². The first-order chi connectivity index (χ1) is 16.4. The van der Waals surface area contributed by atoms with Crippen molar-refractivity contribution in [3.8, 4) is 11.5 Å². The molecule has 192 valence electrons. The number of hydrogen-bond donors (Lipinski definition) is 1. The minimum absolute atomic E-state index is 0.170. The quantitative estimate of drug-likeness (QED) is 0.499. The number of halogens is 1. The molecule has 0 heterocycles. The molecule has 1 N–H and O–H groups in total. The first kappa shape index (κ1) is 27.9. The smallest absolute Gasteiger partial charge is 0.244 e. The summed E-state index contributed by atoms with van der Waals surface area (Å²) in [6.07, 6.45) is 0.965. The monoisotopic (exact) mass is 509 g/mol. The second kappa shape index (κ2) is 11.9. The van der Waals surface area contributed by atoms with Crippen LogP contribution in [0, 0.1) is 5.82 Å². The average molecular weight is 510 g/mol. The van der Waals surface area contributed by atoms with Gasteiger partial charge in [0.15, 0.2) is 11.5 Å². The highest BCUT2D eigenvalue weighted by Gasteiger charge is 2.31. The summed E-state index contributed by atoms with van der Waals surface area (Å²) in [6.45, 7) is 4.23. The van der Waals surface area contributed by atoms with E-state index in [4.69, 9.17) is 9.47 Å². The number of hydrogen-bond acceptors (Lipinski definition) is 6. The average Bonchev–Trinajstić information content (AvgIpc) is 2.79. The lowest BCUT2D eigenvalue weighted by Gasteiger charge is -2.32. The minimum Gasteiger partial charge on any atom is -0.493 e. The Hall–Kier alpha value is -3.34. The molecule has 2 rings (SSSR count). The Balaban J connectivity index is 2.45. The van der Waals surface area contributed by atoms with Crippen molar-refractivity contribution >= 4 is 27.5 Å². The number of ether oxygens (including phenoxy) is 2. The van der Waals surface area contributed by atoms with Crippen LogP contribution in [-0.4, -0.2) is 64.2 Å². The van der Waals surface area contributed by atoms with Gasteiger partial charge in [-0.3, -0.25) is 13.9 Å². The third kappa shape index (κ3) is 7.32. The van der Waals surface area contributed by atoms with Gasteiger partial charge in [-0.1, -0.05) is 18.2 Å². The lowest BCUT2D eigenvalue weighted by molar-refractivity contribution is -0.139. The van der Waals surface area contributed by atoms with Crippen LogP contribution in [0.2, 0.25) is 0 Å². The molecule has 0 bridgehead atoms. The van der Waals surface area contributed by atoms with E-state index in [2.05, 4.69) is 5.32 Å². The fourth-order valence-electron chi connectivity index (χ4n) is 3.39. The molecule has 2 aromatic rings. The number of amides is 2. The zero-order valence-electron chi connectivity index (χ0n) is 20.7. The maximum absolute atomic E-state index is 14.4. The number of rotatable bonds is 11. The highest BCUT2D eigenvalue weighted by atomic mass is 32.2. The van der Waals surface area contributed by atoms with Gasteiger partial charge in [-0.25, -0.2) is 12.8 Å². The molecule has 0 aliphatic heterocycles. The predicted octanol–water partition coefficient (Wildman–Crippen LogP) is 2.55. The summed E-state index contributed by atoms with van der Waals surface area (Å²) in [5.41, 5.74) is 0.366. The number of sulfonamides is 1. The van der Waals surface area contributed by atoms with Crippen LogP contribution in [0.4, 0.5) is 10.1 Å². The number of carbonyl (C=O) groups is 2. The Morgan fingerprint density at radius 1 is 1.03 bits per heavy atom. The lowest BCUT2D eigenvalue weighted by atomic mass is 10.1. The summed E-state index contributed by atoms with van der Waals surface area (Å²) in [5, 5.41) is 2.73. The molecule has 0 saturated heterocycles. The molecule has 2 aromatic carbocycles. The van der Waals surface area contributed by atoms with Gasteiger partial charge >= 0.3 is 0 Å². The maximum Gasteiger partial charge on any atom is 0.244 e. The van der Waals surface area contributed by atoms with Gasteiger partial charge in [-0.05, 0) is 39.0 Å². The fourth-order valence-corrected chi connectivity index (χ4v) is 4.23. The summed E-state index contributed by atoms with van der Waals surface area (Å²) in [7, 11) is -1.07. The van der Waals surface area contributed by atoms with Crippen LogP contribution in [0.1, 0.15) is 26.3 Å². The fraction of sp³-hybridized carbons (Fsp3) is 0.417. The van der Waals surface area contributed by atoms with Gasteiger partial charge < -0.3 is 19.7 Å². The van der Waals surface area contributed by atoms with Gasteiger partial charge in [0, 0.05) is 24.2 Å². The van der Waals surface area contributed by atoms with Crippen LogP contribution in [-0.2, 0) is 26.2 Å². The highest BCUT2D eigenvalue weighted by molar-refractivity contribution is 7.92. The first-order valence-electron chi connectivity index (χ1n) is 10.9. The van der Waals surface area contributed by atoms with Gasteiger partial charge in [0.1, 0.15) is 18.4 Å². The first-order valence-corrected chi connectivity index (χ1v) is 12.8. The van der Waals surface area contributed by atoms with Gasteiger partial charge in [0.25, 0.3) is 0 Å². The third-order valence-corrected chi connectivity index (χ3v) is 6.37. The third-order valence-electron chi connectivity index (χ3n) is 5.23. The molecule has 0 saturated carbocycles. The minimum atomic E-state index is -3.92. The molecule has 0 aromatic heterocycles. The number of anilines is 1. The van der Waals surface area contributed by atoms with Crippen LogP contribution >= 0.6 is 0 Å². The Morgan fingerprint density at radius 2 is 1.66 bits per heavy atom. The zero-order chi connectivity index (χ0) is 26.3. The molecular formula is C24H32FN3O6S. The van der Waals surface area contributed by atoms with Crippen molar-refractivity contribution in [3.05, 3.63) is 53.8 Å². The molecule has 0 fully saturated rings. The predicted molar refractivity (Wildman–Crippen MR) is 131 cm³/mol. The number of benzene rings is 2. The molecule has 0 radical (unpaired) electrons. The van der Waals surface area contributed by atoms with Crippen LogP contribution < -0.4 is 19.1 Å². The highest BCUT2D eigenvalue weighted by Crippen LogP contribution is 2.32. The molecular weight excluding hydrogens is 477 g/mol. The number of carbonyl (C=O) groups excluding carboxylic acids is 2. The van der Waals surface area contributed by atoms with E-state index in [0.29, 0.717) is 5.75 Å². The van der Waals surface area contributed by atoms with Gasteiger partial charge in [-0.2, -0.15) is 0 Å². The van der Waals surface area contributed by atoms with Crippen LogP contribution in [0.15, 0.2) is 42.5 Å². The molecule has 9 nitrogen and oxygen atoms in total. The van der Waals surface area contributed by atoms with E-state index in [1.54, 1.807) is 19.9 Å². The second-order valence-electron chi connectivity index (χ2n) is 8.26. The summed E-state index contributed by atoms with van der Waals surface area (Å²) in [5.74, 6) is -1.00. The Labute approximate surface area is 205 Å². The van der Waals surface area contributed by atoms with Gasteiger partial charge in [0.05, 0.1) is 26.2 Å². The Morgan fingerprint density at radius 3 is 2.20 bits per heavy atom. The van der Waals surface area contributed by atoms with Crippen molar-refractivity contribution in [1.82, 2.24) is 10.2 Å². The topological polar surface area (TPSA) is 105 Å². The van der Waals surface area contributed by atoms with Crippen LogP contribution in [0.3, 0.4) is 0 Å². The maximum atomic E-state index is 14.4. The second-order valence-corrected chi connectivity index (χ2v) is 10.2. The summed E-state index contributed by atoms with van der Waals surface area (Å²) in [6, 6.07) is 9.15. The summed E-state index contributed by atoms with van der Waals surface area (Å²) >= 11 is 0. The normalized spacial score (nSPS) is 12.1. The van der Waals surface area contributed by atoms with Crippen molar-refractivity contribution in [1.29, 1.82) is 0 Å². The molecule has 11 heteroatoms. The van der Waals surface area contributed by atoms with E-state index in [9.17, 15) is 22.4 Å². The van der Waals surface area contributed by atoms with Crippen LogP contribution in [0.5, 0.6) is 11.5 Å². The molecule has 1 atom stereocenters. The molecule has 35 heavy (non-hydrogen) atoms. The largest absolute Gasteiger partial charge is 0.493 e. The van der Waals surface area contributed by atoms with Gasteiger partial charge in [0.2, 0.25) is 21.8 Å². The number of methoxy groups -OCH3 is 2. The SMILES string of the molecule is COc1ccc(N(CC(=O)N(Cc2ccccc2F)C(C)C(=O)NC(C)C)S(C)(=O)=O)cc1OC. The lowest BCUT2D eigenvalue weighted by Crippen LogP contribution is -2.52. The molecule has 1 unspecified atom stereocenters. The van der Waals surface area contributed by atoms with Crippen LogP contribution in [0.25, 0.3) is 0 Å². The zero-order valence-corrected chi connectivity index (χ0v) is 21.6. The molecule has 0 aliphatic carbocycles. The number of nitrogens with zero attached hydrogens (tertiary/aromatic N) is 2. The van der Waals surface area contributed by atoms with Crippen molar-refractivity contribution in [2.24, 2.45) is 0 Å². The standard InChI is InChI=1S/C24H32FN3O6S/c1-16(2)26-24(30)17(3)27(14-18-9-7-8-10-20(18)25)23(29)15-28(35(6,31)32)19-11-12-21(33-4)22(13-19)34-5/h7-13,16-17H,14-15H2,1-6H3,(H,26,30). The van der Waals surface area contributed by atoms with Crippen molar-refractivity contribution in [3.63, 3.8) is 0 Å². The summed E-state index contributed by atoms with van der Waals surface area (Å²) in [4.78, 5) is 27.3. The Bertz CT molecular complexity index is 1160. The molecule has 0 aliphatic rings. The van der Waals surface area contributed by atoms with Crippen molar-refractivity contribution in [2.75, 3.05) is 31.3 Å². The Kier molecular flexibility index (Phi) is 9.47. The van der Waals surface area contributed by atoms with Crippen molar-refractivity contribution in [2.45, 2.75) is 39.4 Å². The van der Waals surface area contributed by atoms with E-state index in [-0.39, 0.29) is 29.6 Å². The van der Waals surface area contributed by atoms with Crippen molar-refractivity contribution < 1.29 is 31.9 Å². The van der Waals surface area contributed by atoms with Gasteiger partial charge in [-0.15, -0.1) is 0 Å².